The number of hydrogen-bond acceptors (Lipinski definition) is 3. The van der Waals surface area contributed by atoms with E-state index in [0.717, 1.165) is 24.9 Å². The number of hydrogen-bond donors (Lipinski definition) is 2. The molecule has 1 aromatic carbocycles. The second-order valence-electron chi connectivity index (χ2n) is 4.84. The molecule has 1 aliphatic rings. The minimum Gasteiger partial charge on any atom is -0.508 e. The highest BCUT2D eigenvalue weighted by Crippen LogP contribution is 2.34. The summed E-state index contributed by atoms with van der Waals surface area (Å²) in [6.07, 6.45) is 4.93. The standard InChI is InChI=1S/C15H15ClN2O/c16-15-9-11(6-7-17-15)18-14-3-1-2-10-8-12(19)4-5-13(10)14/h4-9,14,19H,1-3H2,(H,17,18). The lowest BCUT2D eigenvalue weighted by atomic mass is 9.87. The van der Waals surface area contributed by atoms with Crippen LogP contribution in [0.15, 0.2) is 36.5 Å². The quantitative estimate of drug-likeness (QED) is 0.816. The maximum Gasteiger partial charge on any atom is 0.131 e. The first-order chi connectivity index (χ1) is 9.22. The molecule has 98 valence electrons. The number of nitrogens with one attached hydrogen (secondary N) is 1. The van der Waals surface area contributed by atoms with Gasteiger partial charge in [0.05, 0.1) is 6.04 Å². The number of fused-ring (bicyclic) bond motifs is 1. The molecule has 2 N–H and O–H groups in total. The third kappa shape index (κ3) is 2.66. The van der Waals surface area contributed by atoms with Crippen molar-refractivity contribution in [2.24, 2.45) is 0 Å². The van der Waals surface area contributed by atoms with Gasteiger partial charge < -0.3 is 10.4 Å². The van der Waals surface area contributed by atoms with Gasteiger partial charge in [0.25, 0.3) is 0 Å². The first kappa shape index (κ1) is 12.3. The van der Waals surface area contributed by atoms with Crippen LogP contribution in [0, 0.1) is 0 Å². The van der Waals surface area contributed by atoms with E-state index in [1.54, 1.807) is 12.3 Å². The number of aromatic nitrogens is 1. The van der Waals surface area contributed by atoms with Crippen LogP contribution in [0.1, 0.15) is 30.0 Å². The number of anilines is 1. The lowest BCUT2D eigenvalue weighted by Gasteiger charge is -2.27. The van der Waals surface area contributed by atoms with Crippen LogP contribution < -0.4 is 5.32 Å². The fourth-order valence-electron chi connectivity index (χ4n) is 2.64. The van der Waals surface area contributed by atoms with Gasteiger partial charge in [-0.05, 0) is 54.7 Å². The third-order valence-electron chi connectivity index (χ3n) is 3.51. The number of benzene rings is 1. The Labute approximate surface area is 117 Å². The second-order valence-corrected chi connectivity index (χ2v) is 5.23. The molecule has 0 saturated heterocycles. The van der Waals surface area contributed by atoms with Crippen molar-refractivity contribution in [2.45, 2.75) is 25.3 Å². The van der Waals surface area contributed by atoms with Gasteiger partial charge in [-0.2, -0.15) is 0 Å². The zero-order chi connectivity index (χ0) is 13.2. The summed E-state index contributed by atoms with van der Waals surface area (Å²) in [5.74, 6) is 0.339. The number of aromatic hydroxyl groups is 1. The van der Waals surface area contributed by atoms with Crippen LogP contribution in [0.3, 0.4) is 0 Å². The highest BCUT2D eigenvalue weighted by atomic mass is 35.5. The van der Waals surface area contributed by atoms with Gasteiger partial charge in [-0.15, -0.1) is 0 Å². The normalized spacial score (nSPS) is 17.8. The van der Waals surface area contributed by atoms with E-state index in [0.29, 0.717) is 10.9 Å². The van der Waals surface area contributed by atoms with Gasteiger partial charge in [-0.3, -0.25) is 0 Å². The van der Waals surface area contributed by atoms with Gasteiger partial charge >= 0.3 is 0 Å². The molecule has 3 rings (SSSR count). The monoisotopic (exact) mass is 274 g/mol. The van der Waals surface area contributed by atoms with E-state index in [4.69, 9.17) is 11.6 Å². The summed E-state index contributed by atoms with van der Waals surface area (Å²) >= 11 is 5.90. The Morgan fingerprint density at radius 3 is 3.00 bits per heavy atom. The van der Waals surface area contributed by atoms with E-state index in [-0.39, 0.29) is 6.04 Å². The number of pyridine rings is 1. The second kappa shape index (κ2) is 5.10. The molecule has 0 amide bonds. The summed E-state index contributed by atoms with van der Waals surface area (Å²) in [6.45, 7) is 0. The van der Waals surface area contributed by atoms with Gasteiger partial charge in [0, 0.05) is 11.9 Å². The molecule has 1 aromatic heterocycles. The molecular weight excluding hydrogens is 260 g/mol. The molecular formula is C15H15ClN2O. The van der Waals surface area contributed by atoms with Crippen LogP contribution in [-0.4, -0.2) is 10.1 Å². The van der Waals surface area contributed by atoms with Crippen molar-refractivity contribution in [3.63, 3.8) is 0 Å². The summed E-state index contributed by atoms with van der Waals surface area (Å²) in [6, 6.07) is 9.63. The number of phenolic OH excluding ortho intramolecular Hbond substituents is 1. The lowest BCUT2D eigenvalue weighted by molar-refractivity contribution is 0.472. The number of aryl methyl sites for hydroxylation is 1. The molecule has 0 bridgehead atoms. The SMILES string of the molecule is Oc1ccc2c(c1)CCCC2Nc1ccnc(Cl)c1. The number of phenols is 1. The summed E-state index contributed by atoms with van der Waals surface area (Å²) in [4.78, 5) is 3.98. The first-order valence-electron chi connectivity index (χ1n) is 6.42. The maximum atomic E-state index is 9.55. The smallest absolute Gasteiger partial charge is 0.131 e. The van der Waals surface area contributed by atoms with Crippen LogP contribution in [-0.2, 0) is 6.42 Å². The predicted octanol–water partition coefficient (Wildman–Crippen LogP) is 3.93. The largest absolute Gasteiger partial charge is 0.508 e. The summed E-state index contributed by atoms with van der Waals surface area (Å²) in [5.41, 5.74) is 3.46. The summed E-state index contributed by atoms with van der Waals surface area (Å²) in [7, 11) is 0. The van der Waals surface area contributed by atoms with E-state index in [9.17, 15) is 5.11 Å². The molecule has 4 heteroatoms. The molecule has 0 spiro atoms. The van der Waals surface area contributed by atoms with Crippen molar-refractivity contribution in [3.8, 4) is 5.75 Å². The minimum atomic E-state index is 0.266. The predicted molar refractivity (Wildman–Crippen MR) is 76.7 cm³/mol. The Kier molecular flexibility index (Phi) is 3.30. The van der Waals surface area contributed by atoms with Crippen molar-refractivity contribution in [1.29, 1.82) is 0 Å². The average Bonchev–Trinajstić information content (AvgIpc) is 2.38. The van der Waals surface area contributed by atoms with Crippen molar-refractivity contribution >= 4 is 17.3 Å². The number of nitrogens with zero attached hydrogens (tertiary/aromatic N) is 1. The molecule has 19 heavy (non-hydrogen) atoms. The average molecular weight is 275 g/mol. The van der Waals surface area contributed by atoms with Crippen molar-refractivity contribution in [3.05, 3.63) is 52.8 Å². The van der Waals surface area contributed by atoms with Crippen LogP contribution in [0.4, 0.5) is 5.69 Å². The highest BCUT2D eigenvalue weighted by Gasteiger charge is 2.20. The zero-order valence-corrected chi connectivity index (χ0v) is 11.2. The molecule has 0 radical (unpaired) electrons. The first-order valence-corrected chi connectivity index (χ1v) is 6.80. The van der Waals surface area contributed by atoms with Gasteiger partial charge in [0.1, 0.15) is 10.9 Å². The van der Waals surface area contributed by atoms with E-state index >= 15 is 0 Å². The third-order valence-corrected chi connectivity index (χ3v) is 3.72. The Bertz CT molecular complexity index is 600. The molecule has 0 saturated carbocycles. The Morgan fingerprint density at radius 1 is 1.26 bits per heavy atom. The molecule has 2 aromatic rings. The van der Waals surface area contributed by atoms with E-state index in [1.807, 2.05) is 24.3 Å². The van der Waals surface area contributed by atoms with Crippen LogP contribution in [0.2, 0.25) is 5.15 Å². The van der Waals surface area contributed by atoms with Crippen LogP contribution in [0.5, 0.6) is 5.75 Å². The van der Waals surface area contributed by atoms with Gasteiger partial charge in [0.15, 0.2) is 0 Å². The zero-order valence-electron chi connectivity index (χ0n) is 10.4. The Morgan fingerprint density at radius 2 is 2.16 bits per heavy atom. The summed E-state index contributed by atoms with van der Waals surface area (Å²) in [5, 5.41) is 13.5. The highest BCUT2D eigenvalue weighted by molar-refractivity contribution is 6.29. The molecule has 1 heterocycles. The van der Waals surface area contributed by atoms with Crippen molar-refractivity contribution in [2.75, 3.05) is 5.32 Å². The van der Waals surface area contributed by atoms with E-state index < -0.39 is 0 Å². The van der Waals surface area contributed by atoms with Gasteiger partial charge in [-0.25, -0.2) is 4.98 Å². The van der Waals surface area contributed by atoms with E-state index in [2.05, 4.69) is 10.3 Å². The fourth-order valence-corrected chi connectivity index (χ4v) is 2.82. The van der Waals surface area contributed by atoms with E-state index in [1.165, 1.54) is 11.1 Å². The molecule has 1 atom stereocenters. The molecule has 1 aliphatic carbocycles. The summed E-state index contributed by atoms with van der Waals surface area (Å²) < 4.78 is 0. The number of rotatable bonds is 2. The van der Waals surface area contributed by atoms with Gasteiger partial charge in [-0.1, -0.05) is 17.7 Å². The van der Waals surface area contributed by atoms with Crippen LogP contribution in [0.25, 0.3) is 0 Å². The van der Waals surface area contributed by atoms with Gasteiger partial charge in [0.2, 0.25) is 0 Å². The lowest BCUT2D eigenvalue weighted by Crippen LogP contribution is -2.17. The van der Waals surface area contributed by atoms with Crippen molar-refractivity contribution < 1.29 is 5.11 Å². The van der Waals surface area contributed by atoms with Crippen molar-refractivity contribution in [1.82, 2.24) is 4.98 Å². The molecule has 0 aliphatic heterocycles. The Balaban J connectivity index is 1.87. The maximum absolute atomic E-state index is 9.55. The molecule has 0 fully saturated rings. The fraction of sp³-hybridized carbons (Fsp3) is 0.267. The van der Waals surface area contributed by atoms with Crippen LogP contribution >= 0.6 is 11.6 Å². The number of halogens is 1. The minimum absolute atomic E-state index is 0.266. The topological polar surface area (TPSA) is 45.1 Å². The molecule has 1 unspecified atom stereocenters. The Hall–Kier alpha value is -1.74. The molecule has 3 nitrogen and oxygen atoms in total.